The summed E-state index contributed by atoms with van der Waals surface area (Å²) in [6.45, 7) is 7.81. The molecule has 2 saturated heterocycles. The van der Waals surface area contributed by atoms with E-state index in [2.05, 4.69) is 57.0 Å². The van der Waals surface area contributed by atoms with E-state index in [-0.39, 0.29) is 64.9 Å². The predicted octanol–water partition coefficient (Wildman–Crippen LogP) is 13.2. The number of aromatic amines is 2. The zero-order valence-electron chi connectivity index (χ0n) is 46.0. The minimum absolute atomic E-state index is 0. The molecule has 15 heteroatoms. The number of rotatable bonds is 10. The van der Waals surface area contributed by atoms with Gasteiger partial charge in [0.2, 0.25) is 11.8 Å². The zero-order chi connectivity index (χ0) is 51.9. The Morgan fingerprint density at radius 2 is 0.867 bits per heavy atom. The van der Waals surface area contributed by atoms with Crippen LogP contribution in [0.1, 0.15) is 228 Å². The number of likely N-dealkylation sites (tertiary alicyclic amines) is 2. The molecule has 4 heterocycles. The number of fused-ring (bicyclic) bond motifs is 6. The number of nitrogens with zero attached hydrogens (tertiary/aromatic N) is 4. The standard InChI is InChI=1S/2C25H34N4O3.2C5H10.Fe/c2*1-14(2)21(28-25(31)32-3)24(30)29-18-10-8-17(12-18)22(29)23-26-19-11-9-16(13-20(19)27-23)15-6-4-5-7-15;2*1-2-4-5-3-1;/h2*9,11,13-15,17-18,21-22H,4-8,10,12H2,1-3H3,(H,26,27)(H,28,31);2*1-5H2;/t17?,18?,21-,22?;17?,18?,21-,22-;;;/m00.../s1. The summed E-state index contributed by atoms with van der Waals surface area (Å²) in [6, 6.07) is 12.3. The normalized spacial score (nSPS) is 25.6. The molecule has 4 bridgehead atoms. The molecule has 6 aliphatic carbocycles. The number of hydrogen-bond acceptors (Lipinski definition) is 8. The van der Waals surface area contributed by atoms with Crippen LogP contribution in [0, 0.1) is 23.7 Å². The summed E-state index contributed by atoms with van der Waals surface area (Å²) < 4.78 is 9.54. The topological polar surface area (TPSA) is 175 Å². The van der Waals surface area contributed by atoms with Gasteiger partial charge in [-0.15, -0.1) is 0 Å². The van der Waals surface area contributed by atoms with Crippen molar-refractivity contribution < 1.29 is 45.7 Å². The molecule has 4 aromatic rings. The van der Waals surface area contributed by atoms with Crippen molar-refractivity contribution in [3.8, 4) is 0 Å². The van der Waals surface area contributed by atoms with E-state index in [0.717, 1.165) is 72.2 Å². The number of methoxy groups -OCH3 is 2. The Morgan fingerprint density at radius 1 is 0.520 bits per heavy atom. The fourth-order valence-electron chi connectivity index (χ4n) is 14.2. The first-order chi connectivity index (χ1) is 35.9. The van der Waals surface area contributed by atoms with Gasteiger partial charge in [-0.05, 0) is 135 Å². The van der Waals surface area contributed by atoms with E-state index < -0.39 is 24.3 Å². The molecule has 2 aliphatic heterocycles. The molecule has 8 aliphatic rings. The van der Waals surface area contributed by atoms with Crippen LogP contribution in [0.5, 0.6) is 0 Å². The average molecular weight is 1070 g/mol. The minimum Gasteiger partial charge on any atom is -0.453 e. The summed E-state index contributed by atoms with van der Waals surface area (Å²) in [4.78, 5) is 72.1. The number of ether oxygens (including phenoxy) is 2. The fourth-order valence-corrected chi connectivity index (χ4v) is 14.2. The zero-order valence-corrected chi connectivity index (χ0v) is 47.1. The van der Waals surface area contributed by atoms with Crippen molar-refractivity contribution in [1.29, 1.82) is 0 Å². The Morgan fingerprint density at radius 3 is 1.19 bits per heavy atom. The van der Waals surface area contributed by atoms with E-state index in [1.54, 1.807) is 0 Å². The number of alkyl carbamates (subject to hydrolysis) is 2. The predicted molar refractivity (Wildman–Crippen MR) is 291 cm³/mol. The van der Waals surface area contributed by atoms with Gasteiger partial charge in [-0.25, -0.2) is 19.6 Å². The Labute approximate surface area is 457 Å². The molecule has 8 atom stereocenters. The summed E-state index contributed by atoms with van der Waals surface area (Å²) in [5.74, 6) is 3.75. The molecule has 0 spiro atoms. The van der Waals surface area contributed by atoms with Crippen molar-refractivity contribution in [2.45, 2.75) is 230 Å². The monoisotopic (exact) mass is 1070 g/mol. The largest absolute Gasteiger partial charge is 0.453 e. The van der Waals surface area contributed by atoms with Crippen LogP contribution in [0.4, 0.5) is 9.59 Å². The number of aromatic nitrogens is 4. The maximum atomic E-state index is 13.7. The number of hydrogen-bond donors (Lipinski definition) is 4. The van der Waals surface area contributed by atoms with Crippen LogP contribution in [-0.4, -0.2) is 92.1 Å². The first kappa shape index (κ1) is 56.6. The summed E-state index contributed by atoms with van der Waals surface area (Å²) in [5.41, 5.74) is 6.84. The second-order valence-electron chi connectivity index (χ2n) is 23.8. The van der Waals surface area contributed by atoms with Gasteiger partial charge in [-0.1, -0.05) is 130 Å². The molecule has 12 rings (SSSR count). The molecular formula is C60H88FeN8O6. The molecular weight excluding hydrogens is 985 g/mol. The number of nitrogens with one attached hydrogen (secondary N) is 4. The van der Waals surface area contributed by atoms with Crippen molar-refractivity contribution in [2.75, 3.05) is 14.2 Å². The smallest absolute Gasteiger partial charge is 0.407 e. The summed E-state index contributed by atoms with van der Waals surface area (Å²) in [7, 11) is 2.65. The molecule has 5 unspecified atom stereocenters. The van der Waals surface area contributed by atoms with E-state index in [4.69, 9.17) is 19.4 Å². The Balaban J connectivity index is 0.000000166. The molecule has 4 amide bonds. The first-order valence-corrected chi connectivity index (χ1v) is 29.2. The SMILES string of the molecule is C1CCCC1.C1CCCC1.COC(=O)N[C@H](C(=O)N1C2CCC(C2)C1c1nc2ccc(C3CCCC3)cc2[nH]1)C(C)C.COC(=O)N[C@H](C(=O)N1C2CCC(C2)[C@H]1c1nc2ccc(C3CCCC3)cc2[nH]1)C(C)C.[Fe]. The van der Waals surface area contributed by atoms with Gasteiger partial charge >= 0.3 is 12.2 Å². The number of benzene rings is 2. The van der Waals surface area contributed by atoms with Crippen molar-refractivity contribution in [2.24, 2.45) is 23.7 Å². The second-order valence-corrected chi connectivity index (χ2v) is 23.8. The van der Waals surface area contributed by atoms with Crippen LogP contribution < -0.4 is 10.6 Å². The molecule has 2 aromatic heterocycles. The van der Waals surface area contributed by atoms with Crippen molar-refractivity contribution in [1.82, 2.24) is 40.4 Å². The quantitative estimate of drug-likeness (QED) is 0.114. The van der Waals surface area contributed by atoms with E-state index in [9.17, 15) is 19.2 Å². The molecule has 412 valence electrons. The minimum atomic E-state index is -0.609. The van der Waals surface area contributed by atoms with Gasteiger partial charge in [-0.2, -0.15) is 0 Å². The van der Waals surface area contributed by atoms with Crippen LogP contribution in [0.25, 0.3) is 22.1 Å². The van der Waals surface area contributed by atoms with Crippen LogP contribution in [-0.2, 0) is 36.1 Å². The summed E-state index contributed by atoms with van der Waals surface area (Å²) in [5, 5.41) is 5.51. The number of piperidine rings is 2. The Hall–Kier alpha value is -4.62. The number of amides is 4. The van der Waals surface area contributed by atoms with E-state index in [1.165, 1.54) is 141 Å². The van der Waals surface area contributed by atoms with Gasteiger partial charge in [0.25, 0.3) is 0 Å². The molecule has 6 saturated carbocycles. The molecule has 4 N–H and O–H groups in total. The van der Waals surface area contributed by atoms with E-state index in [1.807, 2.05) is 37.5 Å². The number of carbonyl (C=O) groups is 4. The van der Waals surface area contributed by atoms with Gasteiger partial charge in [0, 0.05) is 29.2 Å². The van der Waals surface area contributed by atoms with Crippen LogP contribution in [0.15, 0.2) is 36.4 Å². The maximum Gasteiger partial charge on any atom is 0.407 e. The van der Waals surface area contributed by atoms with E-state index in [0.29, 0.717) is 23.7 Å². The third-order valence-corrected chi connectivity index (χ3v) is 18.2. The first-order valence-electron chi connectivity index (χ1n) is 29.2. The van der Waals surface area contributed by atoms with Crippen molar-refractivity contribution >= 4 is 46.1 Å². The third-order valence-electron chi connectivity index (χ3n) is 18.2. The molecule has 75 heavy (non-hydrogen) atoms. The molecule has 2 aromatic carbocycles. The molecule has 0 radical (unpaired) electrons. The summed E-state index contributed by atoms with van der Waals surface area (Å²) in [6.07, 6.45) is 30.5. The van der Waals surface area contributed by atoms with Gasteiger partial charge in [0.15, 0.2) is 0 Å². The molecule has 14 nitrogen and oxygen atoms in total. The number of imidazole rings is 2. The van der Waals surface area contributed by atoms with E-state index >= 15 is 0 Å². The second kappa shape index (κ2) is 26.2. The maximum absolute atomic E-state index is 13.7. The van der Waals surface area contributed by atoms with Gasteiger partial charge in [-0.3, -0.25) is 9.59 Å². The van der Waals surface area contributed by atoms with Gasteiger partial charge in [0.1, 0.15) is 23.7 Å². The third kappa shape index (κ3) is 13.0. The van der Waals surface area contributed by atoms with Crippen LogP contribution >= 0.6 is 0 Å². The van der Waals surface area contributed by atoms with Crippen LogP contribution in [0.2, 0.25) is 0 Å². The Kier molecular flexibility index (Phi) is 19.7. The average Bonchev–Trinajstić information content (AvgIpc) is 4.26. The van der Waals surface area contributed by atoms with Crippen molar-refractivity contribution in [3.05, 3.63) is 59.2 Å². The number of carbonyl (C=O) groups excluding carboxylic acids is 4. The molecule has 8 fully saturated rings. The fraction of sp³-hybridized carbons (Fsp3) is 0.700. The van der Waals surface area contributed by atoms with Gasteiger partial charge in [0.05, 0.1) is 48.4 Å². The van der Waals surface area contributed by atoms with Crippen molar-refractivity contribution in [3.63, 3.8) is 0 Å². The van der Waals surface area contributed by atoms with Crippen LogP contribution in [0.3, 0.4) is 0 Å². The number of H-pyrrole nitrogens is 2. The van der Waals surface area contributed by atoms with Gasteiger partial charge < -0.3 is 39.9 Å². The summed E-state index contributed by atoms with van der Waals surface area (Å²) >= 11 is 0. The Bertz CT molecular complexity index is 2340.